The second-order valence-electron chi connectivity index (χ2n) is 12.3. The number of oxazole rings is 1. The van der Waals surface area contributed by atoms with Crippen LogP contribution in [0.4, 0.5) is 0 Å². The van der Waals surface area contributed by atoms with Gasteiger partial charge in [0.05, 0.1) is 11.0 Å². The Balaban J connectivity index is 1.16. The van der Waals surface area contributed by atoms with E-state index in [4.69, 9.17) is 9.40 Å². The van der Waals surface area contributed by atoms with E-state index in [1.165, 1.54) is 37.9 Å². The molecule has 0 bridgehead atoms. The van der Waals surface area contributed by atoms with Crippen molar-refractivity contribution >= 4 is 44.7 Å². The molecule has 0 saturated heterocycles. The van der Waals surface area contributed by atoms with Crippen LogP contribution in [0, 0.1) is 0 Å². The van der Waals surface area contributed by atoms with Gasteiger partial charge >= 0.3 is 0 Å². The third-order valence-electron chi connectivity index (χ3n) is 9.59. The van der Waals surface area contributed by atoms with E-state index in [-0.39, 0.29) is 5.92 Å². The smallest absolute Gasteiger partial charge is 0.227 e. The predicted molar refractivity (Wildman–Crippen MR) is 195 cm³/mol. The third-order valence-corrected chi connectivity index (χ3v) is 10.9. The van der Waals surface area contributed by atoms with E-state index >= 15 is 0 Å². The van der Waals surface area contributed by atoms with Gasteiger partial charge in [-0.1, -0.05) is 115 Å². The molecule has 0 fully saturated rings. The van der Waals surface area contributed by atoms with Crippen LogP contribution in [0.3, 0.4) is 0 Å². The van der Waals surface area contributed by atoms with Crippen molar-refractivity contribution in [2.75, 3.05) is 0 Å². The molecule has 0 amide bonds. The fourth-order valence-electron chi connectivity index (χ4n) is 7.37. The van der Waals surface area contributed by atoms with Crippen molar-refractivity contribution in [3.8, 4) is 39.4 Å². The van der Waals surface area contributed by atoms with Gasteiger partial charge in [0.1, 0.15) is 5.52 Å². The average molecular weight is 621 g/mol. The number of fused-ring (bicyclic) bond motifs is 8. The molecule has 3 nitrogen and oxygen atoms in total. The third kappa shape index (κ3) is 4.18. The largest absolute Gasteiger partial charge is 0.435 e. The molecule has 0 saturated carbocycles. The van der Waals surface area contributed by atoms with E-state index in [1.54, 1.807) is 0 Å². The van der Waals surface area contributed by atoms with E-state index < -0.39 is 0 Å². The number of para-hydroxylation sites is 2. The highest BCUT2D eigenvalue weighted by Crippen LogP contribution is 2.53. The van der Waals surface area contributed by atoms with Crippen LogP contribution in [0.2, 0.25) is 0 Å². The summed E-state index contributed by atoms with van der Waals surface area (Å²) < 4.78 is 9.18. The van der Waals surface area contributed by atoms with Crippen molar-refractivity contribution in [3.63, 3.8) is 0 Å². The molecular weight excluding hydrogens is 593 g/mol. The topological polar surface area (TPSA) is 31.0 Å². The monoisotopic (exact) mass is 620 g/mol. The van der Waals surface area contributed by atoms with Crippen LogP contribution in [-0.2, 0) is 0 Å². The molecule has 3 heterocycles. The molecule has 2 aliphatic rings. The van der Waals surface area contributed by atoms with Gasteiger partial charge in [-0.05, 0) is 59.2 Å². The molecule has 2 aromatic heterocycles. The van der Waals surface area contributed by atoms with Gasteiger partial charge in [-0.15, -0.1) is 11.8 Å². The Morgan fingerprint density at radius 3 is 2.13 bits per heavy atom. The van der Waals surface area contributed by atoms with Crippen LogP contribution >= 0.6 is 11.8 Å². The van der Waals surface area contributed by atoms with Crippen molar-refractivity contribution in [1.29, 1.82) is 0 Å². The normalized spacial score (nSPS) is 16.7. The zero-order valence-corrected chi connectivity index (χ0v) is 26.2. The molecule has 0 N–H and O–H groups in total. The number of hydrogen-bond acceptors (Lipinski definition) is 3. The Bertz CT molecular complexity index is 2540. The van der Waals surface area contributed by atoms with E-state index in [0.717, 1.165) is 39.0 Å². The molecule has 2 atom stereocenters. The lowest BCUT2D eigenvalue weighted by Gasteiger charge is -2.14. The van der Waals surface area contributed by atoms with Crippen molar-refractivity contribution in [1.82, 2.24) is 9.55 Å². The Hall–Kier alpha value is -5.58. The summed E-state index contributed by atoms with van der Waals surface area (Å²) in [6.45, 7) is 0. The first-order chi connectivity index (χ1) is 23.3. The maximum atomic E-state index is 6.84. The molecule has 10 rings (SSSR count). The lowest BCUT2D eigenvalue weighted by molar-refractivity contribution is 0.620. The summed E-state index contributed by atoms with van der Waals surface area (Å²) in [5, 5.41) is 2.76. The summed E-state index contributed by atoms with van der Waals surface area (Å²) in [4.78, 5) is 6.59. The Morgan fingerprint density at radius 1 is 0.596 bits per heavy atom. The number of thioether (sulfide) groups is 1. The highest BCUT2D eigenvalue weighted by Gasteiger charge is 2.35. The molecule has 6 aromatic carbocycles. The minimum Gasteiger partial charge on any atom is -0.435 e. The van der Waals surface area contributed by atoms with Crippen LogP contribution in [0.1, 0.15) is 11.5 Å². The fourth-order valence-corrected chi connectivity index (χ4v) is 8.76. The first-order valence-corrected chi connectivity index (χ1v) is 16.9. The quantitative estimate of drug-likeness (QED) is 0.196. The van der Waals surface area contributed by atoms with Crippen molar-refractivity contribution in [2.45, 2.75) is 16.1 Å². The number of benzene rings is 6. The number of hydrogen-bond donors (Lipinski definition) is 0. The molecule has 1 aliphatic heterocycles. The van der Waals surface area contributed by atoms with Gasteiger partial charge in [-0.3, -0.25) is 0 Å². The first kappa shape index (κ1) is 26.6. The summed E-state index contributed by atoms with van der Waals surface area (Å²) in [7, 11) is 0. The van der Waals surface area contributed by atoms with Crippen LogP contribution in [0.25, 0.3) is 72.3 Å². The molecule has 8 aromatic rings. The van der Waals surface area contributed by atoms with Crippen LogP contribution in [-0.4, -0.2) is 14.8 Å². The van der Waals surface area contributed by atoms with E-state index in [2.05, 4.69) is 162 Å². The standard InChI is InChI=1S/C43H28N2OS/c1-3-11-27(12-4-1)28-19-21-29(22-20-28)34-26-39-40(33-16-8-10-18-38(33)47-39)41-42(34)46-43(44-41)30-23-24-37-35(25-30)32-15-7-9-17-36(32)45(37)31-13-5-2-6-14-31/h1-26,33,38H. The molecule has 47 heavy (non-hydrogen) atoms. The Labute approximate surface area is 276 Å². The zero-order chi connectivity index (χ0) is 30.9. The fraction of sp³-hybridized carbons (Fsp3) is 0.0465. The average Bonchev–Trinajstić information content (AvgIpc) is 3.84. The number of nitrogens with zero attached hydrogens (tertiary/aromatic N) is 2. The highest BCUT2D eigenvalue weighted by atomic mass is 32.2. The second kappa shape index (κ2) is 10.5. The predicted octanol–water partition coefficient (Wildman–Crippen LogP) is 11.6. The molecule has 0 spiro atoms. The molecule has 222 valence electrons. The van der Waals surface area contributed by atoms with Crippen LogP contribution < -0.4 is 0 Å². The van der Waals surface area contributed by atoms with Gasteiger partial charge in [0.25, 0.3) is 0 Å². The lowest BCUT2D eigenvalue weighted by Crippen LogP contribution is -2.07. The van der Waals surface area contributed by atoms with E-state index in [1.807, 2.05) is 11.8 Å². The number of allylic oxidation sites excluding steroid dienone is 3. The van der Waals surface area contributed by atoms with Gasteiger partial charge in [0, 0.05) is 49.2 Å². The molecule has 4 heteroatoms. The van der Waals surface area contributed by atoms with Gasteiger partial charge in [0.15, 0.2) is 5.58 Å². The summed E-state index contributed by atoms with van der Waals surface area (Å²) in [6.07, 6.45) is 8.95. The molecule has 2 unspecified atom stereocenters. The molecule has 1 aliphatic carbocycles. The molecule has 0 radical (unpaired) electrons. The van der Waals surface area contributed by atoms with Crippen LogP contribution in [0.15, 0.2) is 167 Å². The lowest BCUT2D eigenvalue weighted by atomic mass is 9.90. The van der Waals surface area contributed by atoms with Gasteiger partial charge in [-0.2, -0.15) is 0 Å². The van der Waals surface area contributed by atoms with Crippen molar-refractivity contribution in [2.24, 2.45) is 0 Å². The van der Waals surface area contributed by atoms with Crippen molar-refractivity contribution < 1.29 is 4.42 Å². The minimum atomic E-state index is 0.279. The number of rotatable bonds is 4. The SMILES string of the molecule is C1=CC2Sc3cc(-c4ccc(-c5ccccc5)cc4)c4oc(-c5ccc6c(c5)c5ccccc5n6-c5ccccc5)nc4c3C2C=C1. The first-order valence-electron chi connectivity index (χ1n) is 16.0. The minimum absolute atomic E-state index is 0.279. The number of aromatic nitrogens is 2. The van der Waals surface area contributed by atoms with E-state index in [0.29, 0.717) is 11.1 Å². The zero-order valence-electron chi connectivity index (χ0n) is 25.4. The maximum Gasteiger partial charge on any atom is 0.227 e. The Kier molecular flexibility index (Phi) is 5.94. The van der Waals surface area contributed by atoms with Crippen molar-refractivity contribution in [3.05, 3.63) is 163 Å². The van der Waals surface area contributed by atoms with Crippen LogP contribution in [0.5, 0.6) is 0 Å². The summed E-state index contributed by atoms with van der Waals surface area (Å²) in [6, 6.07) is 47.5. The van der Waals surface area contributed by atoms with Gasteiger partial charge in [-0.25, -0.2) is 4.98 Å². The van der Waals surface area contributed by atoms with Gasteiger partial charge in [0.2, 0.25) is 5.89 Å². The van der Waals surface area contributed by atoms with E-state index in [9.17, 15) is 0 Å². The highest BCUT2D eigenvalue weighted by molar-refractivity contribution is 8.00. The van der Waals surface area contributed by atoms with Gasteiger partial charge < -0.3 is 8.98 Å². The maximum absolute atomic E-state index is 6.84. The Morgan fingerprint density at radius 2 is 1.28 bits per heavy atom. The molecular formula is C43H28N2OS. The summed E-state index contributed by atoms with van der Waals surface area (Å²) in [5.41, 5.74) is 12.2. The second-order valence-corrected chi connectivity index (χ2v) is 13.5. The summed E-state index contributed by atoms with van der Waals surface area (Å²) in [5.74, 6) is 0.930. The summed E-state index contributed by atoms with van der Waals surface area (Å²) >= 11 is 1.93.